The molecule has 1 aliphatic carbocycles. The molecule has 1 fully saturated rings. The number of benzene rings is 2. The lowest BCUT2D eigenvalue weighted by Crippen LogP contribution is -2.45. The number of amides is 2. The first-order chi connectivity index (χ1) is 14.3. The number of nitrogens with zero attached hydrogens (tertiary/aromatic N) is 2. The molecule has 30 heavy (non-hydrogen) atoms. The van der Waals surface area contributed by atoms with Gasteiger partial charge in [0.1, 0.15) is 0 Å². The van der Waals surface area contributed by atoms with Crippen LogP contribution in [-0.2, 0) is 16.1 Å². The number of hydrogen-bond acceptors (Lipinski definition) is 2. The molecule has 4 unspecified atom stereocenters. The Bertz CT molecular complexity index is 1000. The molecule has 156 valence electrons. The molecular weight excluding hydrogens is 419 g/mol. The van der Waals surface area contributed by atoms with Crippen molar-refractivity contribution >= 4 is 40.7 Å². The van der Waals surface area contributed by atoms with E-state index in [4.69, 9.17) is 23.2 Å². The highest BCUT2D eigenvalue weighted by molar-refractivity contribution is 6.35. The van der Waals surface area contributed by atoms with Crippen molar-refractivity contribution in [2.24, 2.45) is 17.8 Å². The zero-order valence-electron chi connectivity index (χ0n) is 17.2. The third-order valence-electron chi connectivity index (χ3n) is 6.14. The number of allylic oxidation sites excluding steroid dienone is 1. The van der Waals surface area contributed by atoms with E-state index in [9.17, 15) is 9.59 Å². The fraction of sp³-hybridized carbons (Fsp3) is 0.333. The molecule has 4 atom stereocenters. The van der Waals surface area contributed by atoms with Gasteiger partial charge in [-0.05, 0) is 36.6 Å². The minimum atomic E-state index is -0.441. The van der Waals surface area contributed by atoms with Gasteiger partial charge in [0.05, 0.1) is 17.9 Å². The van der Waals surface area contributed by atoms with Crippen LogP contribution in [0.4, 0.5) is 5.69 Å². The van der Waals surface area contributed by atoms with Gasteiger partial charge in [-0.15, -0.1) is 0 Å². The summed E-state index contributed by atoms with van der Waals surface area (Å²) >= 11 is 12.4. The predicted octanol–water partition coefficient (Wildman–Crippen LogP) is 5.20. The Kier molecular flexibility index (Phi) is 5.65. The van der Waals surface area contributed by atoms with Crippen molar-refractivity contribution in [1.29, 1.82) is 0 Å². The molecule has 0 saturated carbocycles. The van der Waals surface area contributed by atoms with Gasteiger partial charge in [0.15, 0.2) is 0 Å². The molecular formula is C24H24Cl2N2O2. The summed E-state index contributed by atoms with van der Waals surface area (Å²) < 4.78 is 0. The van der Waals surface area contributed by atoms with E-state index < -0.39 is 11.8 Å². The summed E-state index contributed by atoms with van der Waals surface area (Å²) in [4.78, 5) is 30.5. The van der Waals surface area contributed by atoms with Crippen molar-refractivity contribution in [2.75, 3.05) is 11.9 Å². The number of hydrogen-bond donors (Lipinski definition) is 0. The number of fused-ring (bicyclic) bond motifs is 2. The average molecular weight is 443 g/mol. The van der Waals surface area contributed by atoms with Crippen molar-refractivity contribution in [3.8, 4) is 0 Å². The van der Waals surface area contributed by atoms with Crippen LogP contribution in [0, 0.1) is 17.8 Å². The van der Waals surface area contributed by atoms with Crippen LogP contribution in [0.15, 0.2) is 60.2 Å². The molecule has 2 aromatic carbocycles. The van der Waals surface area contributed by atoms with E-state index in [1.54, 1.807) is 35.0 Å². The zero-order chi connectivity index (χ0) is 21.6. The van der Waals surface area contributed by atoms with Crippen molar-refractivity contribution in [3.63, 3.8) is 0 Å². The van der Waals surface area contributed by atoms with Gasteiger partial charge in [-0.25, -0.2) is 0 Å². The second kappa shape index (κ2) is 8.09. The molecule has 2 bridgehead atoms. The van der Waals surface area contributed by atoms with Crippen LogP contribution >= 0.6 is 23.2 Å². The van der Waals surface area contributed by atoms with E-state index in [0.717, 1.165) is 11.1 Å². The Balaban J connectivity index is 1.70. The first-order valence-electron chi connectivity index (χ1n) is 10.0. The minimum Gasteiger partial charge on any atom is -0.341 e. The lowest BCUT2D eigenvalue weighted by molar-refractivity contribution is -0.138. The van der Waals surface area contributed by atoms with Crippen LogP contribution < -0.4 is 4.90 Å². The second-order valence-corrected chi connectivity index (χ2v) is 9.15. The minimum absolute atomic E-state index is 0.0165. The summed E-state index contributed by atoms with van der Waals surface area (Å²) in [5, 5.41) is 0.927. The summed E-state index contributed by atoms with van der Waals surface area (Å²) in [6.45, 7) is 4.50. The maximum Gasteiger partial charge on any atom is 0.232 e. The Labute approximate surface area is 187 Å². The van der Waals surface area contributed by atoms with E-state index in [-0.39, 0.29) is 23.8 Å². The average Bonchev–Trinajstić information content (AvgIpc) is 2.95. The molecule has 1 heterocycles. The lowest BCUT2D eigenvalue weighted by Gasteiger charge is -2.34. The van der Waals surface area contributed by atoms with Gasteiger partial charge < -0.3 is 9.80 Å². The molecule has 0 N–H and O–H groups in total. The van der Waals surface area contributed by atoms with Gasteiger partial charge in [-0.3, -0.25) is 9.59 Å². The molecule has 0 radical (unpaired) electrons. The number of rotatable bonds is 4. The van der Waals surface area contributed by atoms with Crippen molar-refractivity contribution in [3.05, 3.63) is 75.8 Å². The molecule has 2 aromatic rings. The topological polar surface area (TPSA) is 40.6 Å². The quantitative estimate of drug-likeness (QED) is 0.610. The highest BCUT2D eigenvalue weighted by Crippen LogP contribution is 2.47. The molecule has 6 heteroatoms. The third-order valence-corrected chi connectivity index (χ3v) is 6.57. The summed E-state index contributed by atoms with van der Waals surface area (Å²) in [6.07, 6.45) is 2.11. The van der Waals surface area contributed by atoms with E-state index in [0.29, 0.717) is 22.3 Å². The van der Waals surface area contributed by atoms with Crippen LogP contribution in [0.3, 0.4) is 0 Å². The van der Waals surface area contributed by atoms with E-state index in [1.807, 2.05) is 44.2 Å². The molecule has 2 amide bonds. The summed E-state index contributed by atoms with van der Waals surface area (Å²) in [5.74, 6) is -0.929. The number of carbonyl (C=O) groups is 2. The predicted molar refractivity (Wildman–Crippen MR) is 121 cm³/mol. The molecule has 0 spiro atoms. The highest BCUT2D eigenvalue weighted by atomic mass is 35.5. The van der Waals surface area contributed by atoms with E-state index in [2.05, 4.69) is 6.08 Å². The van der Waals surface area contributed by atoms with Gasteiger partial charge in [0.25, 0.3) is 0 Å². The van der Waals surface area contributed by atoms with E-state index in [1.165, 1.54) is 0 Å². The number of halogens is 2. The Morgan fingerprint density at radius 2 is 1.73 bits per heavy atom. The Morgan fingerprint density at radius 3 is 2.37 bits per heavy atom. The first kappa shape index (κ1) is 21.0. The van der Waals surface area contributed by atoms with Crippen molar-refractivity contribution < 1.29 is 9.59 Å². The van der Waals surface area contributed by atoms with Crippen LogP contribution in [0.1, 0.15) is 19.4 Å². The fourth-order valence-electron chi connectivity index (χ4n) is 4.91. The monoisotopic (exact) mass is 442 g/mol. The van der Waals surface area contributed by atoms with Gasteiger partial charge in [0, 0.05) is 29.3 Å². The number of anilines is 1. The zero-order valence-corrected chi connectivity index (χ0v) is 18.7. The maximum atomic E-state index is 13.6. The van der Waals surface area contributed by atoms with Gasteiger partial charge in [0.2, 0.25) is 11.8 Å². The molecule has 1 saturated heterocycles. The maximum absolute atomic E-state index is 13.6. The van der Waals surface area contributed by atoms with E-state index >= 15 is 0 Å². The fourth-order valence-corrected chi connectivity index (χ4v) is 5.42. The van der Waals surface area contributed by atoms with Crippen LogP contribution in [0.2, 0.25) is 10.0 Å². The van der Waals surface area contributed by atoms with Gasteiger partial charge in [-0.2, -0.15) is 0 Å². The normalized spacial score (nSPS) is 25.3. The van der Waals surface area contributed by atoms with Gasteiger partial charge >= 0.3 is 0 Å². The van der Waals surface area contributed by atoms with Crippen LogP contribution in [0.5, 0.6) is 0 Å². The Morgan fingerprint density at radius 1 is 1.10 bits per heavy atom. The van der Waals surface area contributed by atoms with Crippen molar-refractivity contribution in [2.45, 2.75) is 26.4 Å². The Hall–Kier alpha value is -2.30. The van der Waals surface area contributed by atoms with Gasteiger partial charge in [-0.1, -0.05) is 72.1 Å². The van der Waals surface area contributed by atoms with Crippen LogP contribution in [-0.4, -0.2) is 29.8 Å². The summed E-state index contributed by atoms with van der Waals surface area (Å²) in [6, 6.07) is 14.6. The third kappa shape index (κ3) is 3.63. The highest BCUT2D eigenvalue weighted by Gasteiger charge is 2.56. The smallest absolute Gasteiger partial charge is 0.232 e. The molecule has 0 aromatic heterocycles. The molecule has 2 aliphatic rings. The van der Waals surface area contributed by atoms with Crippen molar-refractivity contribution in [1.82, 2.24) is 4.90 Å². The lowest BCUT2D eigenvalue weighted by atomic mass is 9.73. The molecule has 4 nitrogen and oxygen atoms in total. The SMILES string of the molecule is CC1=CC(C)C2C(=O)N(c3cc(Cl)cc(Cl)c3)C1C2C(=O)N(C)Cc1ccccc1. The summed E-state index contributed by atoms with van der Waals surface area (Å²) in [5.41, 5.74) is 2.71. The summed E-state index contributed by atoms with van der Waals surface area (Å²) in [7, 11) is 1.80. The number of carbonyl (C=O) groups excluding carboxylic acids is 2. The van der Waals surface area contributed by atoms with Crippen LogP contribution in [0.25, 0.3) is 0 Å². The first-order valence-corrected chi connectivity index (χ1v) is 10.8. The largest absolute Gasteiger partial charge is 0.341 e. The molecule has 1 aliphatic heterocycles. The standard InChI is InChI=1S/C24H24Cl2N2O2/c1-14-9-15(2)22-21(23(29)27(3)13-16-7-5-4-6-8-16)20(14)24(30)28(22)19-11-17(25)10-18(26)12-19/h4-12,14,20-22H,13H2,1-3H3. The molecule has 4 rings (SSSR count). The second-order valence-electron chi connectivity index (χ2n) is 8.28.